The van der Waals surface area contributed by atoms with Crippen molar-refractivity contribution in [2.75, 3.05) is 46.0 Å². The van der Waals surface area contributed by atoms with Crippen molar-refractivity contribution in [3.63, 3.8) is 0 Å². The Labute approximate surface area is 165 Å². The van der Waals surface area contributed by atoms with Gasteiger partial charge in [0.1, 0.15) is 0 Å². The van der Waals surface area contributed by atoms with Crippen molar-refractivity contribution in [3.8, 4) is 0 Å². The molecule has 3 aliphatic rings. The van der Waals surface area contributed by atoms with E-state index >= 15 is 0 Å². The van der Waals surface area contributed by atoms with Gasteiger partial charge in [-0.1, -0.05) is 19.3 Å². The summed E-state index contributed by atoms with van der Waals surface area (Å²) in [5.41, 5.74) is 0. The Morgan fingerprint density at radius 1 is 1.11 bits per heavy atom. The minimum Gasteiger partial charge on any atom is -0.377 e. The van der Waals surface area contributed by atoms with Crippen LogP contribution in [0, 0.1) is 0 Å². The second-order valence-corrected chi connectivity index (χ2v) is 8.24. The normalized spacial score (nSPS) is 28.4. The molecule has 2 unspecified atom stereocenters. The molecule has 1 saturated carbocycles. The minimum atomic E-state index is 0.299. The van der Waals surface area contributed by atoms with Gasteiger partial charge in [0, 0.05) is 31.8 Å². The maximum Gasteiger partial charge on any atom is 0.191 e. The molecule has 2 heterocycles. The average Bonchev–Trinajstić information content (AvgIpc) is 3.22. The van der Waals surface area contributed by atoms with Gasteiger partial charge in [-0.3, -0.25) is 9.89 Å². The predicted molar refractivity (Wildman–Crippen MR) is 110 cm³/mol. The molecular weight excluding hydrogens is 340 g/mol. The smallest absolute Gasteiger partial charge is 0.191 e. The molecule has 0 radical (unpaired) electrons. The molecule has 156 valence electrons. The van der Waals surface area contributed by atoms with Gasteiger partial charge in [0.25, 0.3) is 0 Å². The minimum absolute atomic E-state index is 0.299. The first-order chi connectivity index (χ1) is 13.3. The van der Waals surface area contributed by atoms with Gasteiger partial charge in [0.05, 0.1) is 25.9 Å². The van der Waals surface area contributed by atoms with E-state index in [-0.39, 0.29) is 0 Å². The Hall–Kier alpha value is -0.850. The van der Waals surface area contributed by atoms with Gasteiger partial charge in [-0.15, -0.1) is 0 Å². The van der Waals surface area contributed by atoms with Crippen LogP contribution in [0.2, 0.25) is 0 Å². The molecule has 3 rings (SSSR count). The van der Waals surface area contributed by atoms with Crippen LogP contribution >= 0.6 is 0 Å². The Bertz CT molecular complexity index is 434. The molecule has 6 heteroatoms. The molecule has 0 amide bonds. The van der Waals surface area contributed by atoms with Gasteiger partial charge < -0.3 is 20.1 Å². The molecule has 2 atom stereocenters. The number of guanidine groups is 1. The Kier molecular flexibility index (Phi) is 9.18. The number of ether oxygens (including phenoxy) is 2. The van der Waals surface area contributed by atoms with Gasteiger partial charge in [-0.2, -0.15) is 0 Å². The van der Waals surface area contributed by atoms with E-state index in [0.29, 0.717) is 31.9 Å². The van der Waals surface area contributed by atoms with Gasteiger partial charge in [0.2, 0.25) is 0 Å². The summed E-state index contributed by atoms with van der Waals surface area (Å²) in [6.45, 7) is 8.40. The van der Waals surface area contributed by atoms with Crippen LogP contribution in [-0.4, -0.2) is 75.0 Å². The first-order valence-electron chi connectivity index (χ1n) is 11.3. The Balaban J connectivity index is 1.39. The molecule has 3 fully saturated rings. The van der Waals surface area contributed by atoms with Crippen LogP contribution in [0.4, 0.5) is 0 Å². The molecule has 6 nitrogen and oxygen atoms in total. The summed E-state index contributed by atoms with van der Waals surface area (Å²) >= 11 is 0. The van der Waals surface area contributed by atoms with Crippen LogP contribution in [0.15, 0.2) is 4.99 Å². The third-order valence-corrected chi connectivity index (χ3v) is 6.06. The lowest BCUT2D eigenvalue weighted by molar-refractivity contribution is 0.0200. The van der Waals surface area contributed by atoms with E-state index in [1.807, 2.05) is 0 Å². The number of nitrogens with one attached hydrogen (secondary N) is 2. The van der Waals surface area contributed by atoms with Crippen molar-refractivity contribution in [3.05, 3.63) is 0 Å². The zero-order valence-corrected chi connectivity index (χ0v) is 17.3. The molecule has 0 spiro atoms. The SMILES string of the molecule is CCNC(=NCCOCC1CCCO1)NC1CCCN(C2CCCCC2)C1. The predicted octanol–water partition coefficient (Wildman–Crippen LogP) is 2.53. The summed E-state index contributed by atoms with van der Waals surface area (Å²) in [5.74, 6) is 0.939. The molecular formula is C21H40N4O2. The van der Waals surface area contributed by atoms with E-state index in [0.717, 1.165) is 38.1 Å². The monoisotopic (exact) mass is 380 g/mol. The van der Waals surface area contributed by atoms with Gasteiger partial charge in [-0.25, -0.2) is 0 Å². The highest BCUT2D eigenvalue weighted by Gasteiger charge is 2.27. The first kappa shape index (κ1) is 20.9. The second-order valence-electron chi connectivity index (χ2n) is 8.24. The molecule has 2 N–H and O–H groups in total. The second kappa shape index (κ2) is 11.9. The number of rotatable bonds is 8. The fraction of sp³-hybridized carbons (Fsp3) is 0.952. The fourth-order valence-corrected chi connectivity index (χ4v) is 4.63. The Morgan fingerprint density at radius 3 is 2.78 bits per heavy atom. The average molecular weight is 381 g/mol. The quantitative estimate of drug-likeness (QED) is 0.385. The van der Waals surface area contributed by atoms with Crippen molar-refractivity contribution in [2.24, 2.45) is 4.99 Å². The van der Waals surface area contributed by atoms with Gasteiger partial charge in [0.15, 0.2) is 5.96 Å². The third kappa shape index (κ3) is 7.24. The topological polar surface area (TPSA) is 58.1 Å². The van der Waals surface area contributed by atoms with Crippen LogP contribution in [0.25, 0.3) is 0 Å². The number of likely N-dealkylation sites (tertiary alicyclic amines) is 1. The van der Waals surface area contributed by atoms with E-state index in [2.05, 4.69) is 22.5 Å². The van der Waals surface area contributed by atoms with Crippen molar-refractivity contribution >= 4 is 5.96 Å². The number of hydrogen-bond donors (Lipinski definition) is 2. The lowest BCUT2D eigenvalue weighted by Gasteiger charge is -2.40. The highest BCUT2D eigenvalue weighted by Crippen LogP contribution is 2.25. The van der Waals surface area contributed by atoms with E-state index in [1.165, 1.54) is 57.9 Å². The number of hydrogen-bond acceptors (Lipinski definition) is 4. The van der Waals surface area contributed by atoms with Crippen LogP contribution < -0.4 is 10.6 Å². The van der Waals surface area contributed by atoms with E-state index in [4.69, 9.17) is 14.5 Å². The lowest BCUT2D eigenvalue weighted by atomic mass is 9.92. The van der Waals surface area contributed by atoms with Crippen molar-refractivity contribution in [1.29, 1.82) is 0 Å². The zero-order valence-electron chi connectivity index (χ0n) is 17.3. The van der Waals surface area contributed by atoms with Crippen molar-refractivity contribution in [2.45, 2.75) is 82.9 Å². The van der Waals surface area contributed by atoms with Crippen molar-refractivity contribution < 1.29 is 9.47 Å². The highest BCUT2D eigenvalue weighted by molar-refractivity contribution is 5.80. The third-order valence-electron chi connectivity index (χ3n) is 6.06. The van der Waals surface area contributed by atoms with E-state index in [9.17, 15) is 0 Å². The maximum absolute atomic E-state index is 5.74. The molecule has 0 aromatic heterocycles. The molecule has 0 aromatic carbocycles. The van der Waals surface area contributed by atoms with E-state index < -0.39 is 0 Å². The van der Waals surface area contributed by atoms with Gasteiger partial charge >= 0.3 is 0 Å². The summed E-state index contributed by atoms with van der Waals surface area (Å²) < 4.78 is 11.3. The van der Waals surface area contributed by atoms with E-state index in [1.54, 1.807) is 0 Å². The van der Waals surface area contributed by atoms with Crippen LogP contribution in [-0.2, 0) is 9.47 Å². The largest absolute Gasteiger partial charge is 0.377 e. The van der Waals surface area contributed by atoms with Crippen molar-refractivity contribution in [1.82, 2.24) is 15.5 Å². The Morgan fingerprint density at radius 2 is 2.00 bits per heavy atom. The first-order valence-corrected chi connectivity index (χ1v) is 11.3. The zero-order chi connectivity index (χ0) is 18.7. The molecule has 1 aliphatic carbocycles. The number of aliphatic imine (C=N–C) groups is 1. The summed E-state index contributed by atoms with van der Waals surface area (Å²) in [5, 5.41) is 7.07. The molecule has 2 saturated heterocycles. The number of nitrogens with zero attached hydrogens (tertiary/aromatic N) is 2. The molecule has 27 heavy (non-hydrogen) atoms. The standard InChI is InChI=1S/C21H40N4O2/c1-2-22-21(23-12-15-26-17-20-11-7-14-27-20)24-18-8-6-13-25(16-18)19-9-4-3-5-10-19/h18-20H,2-17H2,1H3,(H2,22,23,24). The number of piperidine rings is 1. The summed E-state index contributed by atoms with van der Waals surface area (Å²) in [7, 11) is 0. The summed E-state index contributed by atoms with van der Waals surface area (Å²) in [6.07, 6.45) is 12.2. The summed E-state index contributed by atoms with van der Waals surface area (Å²) in [4.78, 5) is 7.45. The summed E-state index contributed by atoms with van der Waals surface area (Å²) in [6, 6.07) is 1.32. The van der Waals surface area contributed by atoms with Crippen LogP contribution in [0.3, 0.4) is 0 Å². The van der Waals surface area contributed by atoms with Gasteiger partial charge in [-0.05, 0) is 52.0 Å². The van der Waals surface area contributed by atoms with Crippen LogP contribution in [0.1, 0.15) is 64.7 Å². The van der Waals surface area contributed by atoms with Crippen LogP contribution in [0.5, 0.6) is 0 Å². The fourth-order valence-electron chi connectivity index (χ4n) is 4.63. The molecule has 2 aliphatic heterocycles. The maximum atomic E-state index is 5.74. The lowest BCUT2D eigenvalue weighted by Crippen LogP contribution is -2.53. The molecule has 0 bridgehead atoms. The molecule has 0 aromatic rings. The highest BCUT2D eigenvalue weighted by atomic mass is 16.5.